The zero-order valence-electron chi connectivity index (χ0n) is 16.9. The van der Waals surface area contributed by atoms with Crippen LogP contribution in [0.15, 0.2) is 84.4 Å². The van der Waals surface area contributed by atoms with Gasteiger partial charge in [-0.3, -0.25) is 9.59 Å². The van der Waals surface area contributed by atoms with Gasteiger partial charge in [0.05, 0.1) is 18.7 Å². The number of Topliss-reactive ketones (excluding diaryl/α,β-unsaturated/α-hetero) is 1. The van der Waals surface area contributed by atoms with Crippen LogP contribution in [0.3, 0.4) is 0 Å². The summed E-state index contributed by atoms with van der Waals surface area (Å²) in [6.45, 7) is 0.205. The molecule has 1 fully saturated rings. The minimum atomic E-state index is -0.789. The number of aromatic hydroxyl groups is 1. The molecule has 0 spiro atoms. The van der Waals surface area contributed by atoms with E-state index >= 15 is 0 Å². The van der Waals surface area contributed by atoms with Crippen LogP contribution in [-0.2, 0) is 16.1 Å². The van der Waals surface area contributed by atoms with Gasteiger partial charge in [-0.05, 0) is 47.5 Å². The quantitative estimate of drug-likeness (QED) is 0.373. The third kappa shape index (κ3) is 3.88. The number of phenolic OH excluding ortho intramolecular Hbond substituents is 1. The maximum absolute atomic E-state index is 13.0. The molecule has 3 aromatic rings. The molecule has 156 valence electrons. The van der Waals surface area contributed by atoms with Crippen LogP contribution >= 0.6 is 0 Å². The van der Waals surface area contributed by atoms with Crippen molar-refractivity contribution in [2.75, 3.05) is 7.11 Å². The van der Waals surface area contributed by atoms with Gasteiger partial charge < -0.3 is 19.8 Å². The molecular formula is C25H21NO5. The van der Waals surface area contributed by atoms with Crippen LogP contribution in [-0.4, -0.2) is 33.9 Å². The molecule has 0 aromatic heterocycles. The number of methoxy groups -OCH3 is 1. The second-order valence-electron chi connectivity index (χ2n) is 7.23. The second-order valence-corrected chi connectivity index (χ2v) is 7.23. The molecule has 31 heavy (non-hydrogen) atoms. The fraction of sp³-hybridized carbons (Fsp3) is 0.120. The standard InChI is InChI=1S/C25H21NO5/c1-31-20-13-9-18(10-14-20)23(28)21-22(17-7-11-19(27)12-8-17)26(25(30)24(21)29)15-16-5-3-2-4-6-16/h2-14,22,27-28H,15H2,1H3/b23-21+. The van der Waals surface area contributed by atoms with Crippen molar-refractivity contribution in [3.63, 3.8) is 0 Å². The van der Waals surface area contributed by atoms with E-state index in [0.717, 1.165) is 5.56 Å². The molecular weight excluding hydrogens is 394 g/mol. The van der Waals surface area contributed by atoms with Crippen LogP contribution in [0.5, 0.6) is 11.5 Å². The Morgan fingerprint density at radius 3 is 2.19 bits per heavy atom. The smallest absolute Gasteiger partial charge is 0.295 e. The Kier molecular flexibility index (Phi) is 5.45. The predicted molar refractivity (Wildman–Crippen MR) is 115 cm³/mol. The first kappa shape index (κ1) is 20.2. The largest absolute Gasteiger partial charge is 0.508 e. The molecule has 1 amide bonds. The van der Waals surface area contributed by atoms with Crippen LogP contribution in [0.2, 0.25) is 0 Å². The number of rotatable bonds is 5. The zero-order chi connectivity index (χ0) is 22.0. The van der Waals surface area contributed by atoms with Gasteiger partial charge in [-0.25, -0.2) is 0 Å². The van der Waals surface area contributed by atoms with Crippen molar-refractivity contribution in [3.05, 3.63) is 101 Å². The summed E-state index contributed by atoms with van der Waals surface area (Å²) >= 11 is 0. The van der Waals surface area contributed by atoms with Gasteiger partial charge in [0.1, 0.15) is 17.3 Å². The van der Waals surface area contributed by atoms with Crippen LogP contribution in [0.4, 0.5) is 0 Å². The van der Waals surface area contributed by atoms with E-state index in [1.165, 1.54) is 24.1 Å². The van der Waals surface area contributed by atoms with E-state index < -0.39 is 17.7 Å². The third-order valence-corrected chi connectivity index (χ3v) is 5.31. The summed E-state index contributed by atoms with van der Waals surface area (Å²) in [4.78, 5) is 27.4. The number of ketones is 1. The van der Waals surface area contributed by atoms with Gasteiger partial charge >= 0.3 is 0 Å². The van der Waals surface area contributed by atoms with Crippen molar-refractivity contribution in [3.8, 4) is 11.5 Å². The molecule has 0 bridgehead atoms. The lowest BCUT2D eigenvalue weighted by Gasteiger charge is -2.25. The maximum atomic E-state index is 13.0. The van der Waals surface area contributed by atoms with Crippen LogP contribution in [0, 0.1) is 0 Å². The fourth-order valence-corrected chi connectivity index (χ4v) is 3.73. The Morgan fingerprint density at radius 1 is 0.935 bits per heavy atom. The first-order valence-corrected chi connectivity index (χ1v) is 9.75. The summed E-state index contributed by atoms with van der Waals surface area (Å²) in [7, 11) is 1.54. The van der Waals surface area contributed by atoms with Crippen LogP contribution in [0.25, 0.3) is 5.76 Å². The van der Waals surface area contributed by atoms with E-state index in [4.69, 9.17) is 4.74 Å². The Labute approximate surface area is 179 Å². The Bertz CT molecular complexity index is 1130. The molecule has 0 aliphatic carbocycles. The van der Waals surface area contributed by atoms with E-state index in [2.05, 4.69) is 0 Å². The van der Waals surface area contributed by atoms with Gasteiger partial charge in [0.15, 0.2) is 0 Å². The molecule has 1 unspecified atom stereocenters. The zero-order valence-corrected chi connectivity index (χ0v) is 16.9. The minimum Gasteiger partial charge on any atom is -0.508 e. The summed E-state index contributed by atoms with van der Waals surface area (Å²) in [5, 5.41) is 20.7. The van der Waals surface area contributed by atoms with Gasteiger partial charge in [0.2, 0.25) is 0 Å². The normalized spacial score (nSPS) is 17.7. The maximum Gasteiger partial charge on any atom is 0.295 e. The molecule has 3 aromatic carbocycles. The molecule has 1 aliphatic rings. The van der Waals surface area contributed by atoms with Crippen molar-refractivity contribution < 1.29 is 24.5 Å². The predicted octanol–water partition coefficient (Wildman–Crippen LogP) is 4.02. The summed E-state index contributed by atoms with van der Waals surface area (Å²) in [6, 6.07) is 21.4. The number of carbonyl (C=O) groups is 2. The van der Waals surface area contributed by atoms with Crippen molar-refractivity contribution in [2.45, 2.75) is 12.6 Å². The van der Waals surface area contributed by atoms with Crippen LogP contribution in [0.1, 0.15) is 22.7 Å². The van der Waals surface area contributed by atoms with Crippen molar-refractivity contribution in [1.82, 2.24) is 4.90 Å². The van der Waals surface area contributed by atoms with Crippen molar-refractivity contribution >= 4 is 17.4 Å². The number of nitrogens with zero attached hydrogens (tertiary/aromatic N) is 1. The molecule has 6 nitrogen and oxygen atoms in total. The fourth-order valence-electron chi connectivity index (χ4n) is 3.73. The number of carbonyl (C=O) groups excluding carboxylic acids is 2. The average molecular weight is 415 g/mol. The molecule has 2 N–H and O–H groups in total. The number of hydrogen-bond donors (Lipinski definition) is 2. The number of amides is 1. The van der Waals surface area contributed by atoms with Gasteiger partial charge in [-0.2, -0.15) is 0 Å². The SMILES string of the molecule is COc1ccc(/C(O)=C2\C(=O)C(=O)N(Cc3ccccc3)C2c2ccc(O)cc2)cc1. The average Bonchev–Trinajstić information content (AvgIpc) is 3.05. The lowest BCUT2D eigenvalue weighted by atomic mass is 9.95. The summed E-state index contributed by atoms with van der Waals surface area (Å²) < 4.78 is 5.15. The lowest BCUT2D eigenvalue weighted by molar-refractivity contribution is -0.140. The Balaban J connectivity index is 1.84. The number of phenols is 1. The number of aliphatic hydroxyl groups is 1. The first-order chi connectivity index (χ1) is 15.0. The number of likely N-dealkylation sites (tertiary alicyclic amines) is 1. The van der Waals surface area contributed by atoms with Crippen LogP contribution < -0.4 is 4.74 Å². The highest BCUT2D eigenvalue weighted by atomic mass is 16.5. The lowest BCUT2D eigenvalue weighted by Crippen LogP contribution is -2.29. The van der Waals surface area contributed by atoms with Gasteiger partial charge in [0.25, 0.3) is 11.7 Å². The van der Waals surface area contributed by atoms with E-state index in [1.807, 2.05) is 30.3 Å². The highest BCUT2D eigenvalue weighted by Crippen LogP contribution is 2.40. The molecule has 1 saturated heterocycles. The topological polar surface area (TPSA) is 87.1 Å². The second kappa shape index (κ2) is 8.36. The third-order valence-electron chi connectivity index (χ3n) is 5.31. The van der Waals surface area contributed by atoms with Gasteiger partial charge in [0, 0.05) is 12.1 Å². The molecule has 1 aliphatic heterocycles. The Morgan fingerprint density at radius 2 is 1.58 bits per heavy atom. The first-order valence-electron chi connectivity index (χ1n) is 9.75. The van der Waals surface area contributed by atoms with E-state index in [1.54, 1.807) is 36.4 Å². The van der Waals surface area contributed by atoms with E-state index in [0.29, 0.717) is 16.9 Å². The highest BCUT2D eigenvalue weighted by Gasteiger charge is 2.46. The molecule has 6 heteroatoms. The number of ether oxygens (including phenoxy) is 1. The van der Waals surface area contributed by atoms with E-state index in [-0.39, 0.29) is 23.6 Å². The molecule has 1 atom stereocenters. The molecule has 4 rings (SSSR count). The summed E-state index contributed by atoms with van der Waals surface area (Å²) in [5.74, 6) is -1.01. The highest BCUT2D eigenvalue weighted by molar-refractivity contribution is 6.46. The minimum absolute atomic E-state index is 0.0109. The van der Waals surface area contributed by atoms with Gasteiger partial charge in [-0.1, -0.05) is 42.5 Å². The molecule has 0 saturated carbocycles. The monoisotopic (exact) mass is 415 g/mol. The van der Waals surface area contributed by atoms with Crippen molar-refractivity contribution in [2.24, 2.45) is 0 Å². The Hall–Kier alpha value is -4.06. The summed E-state index contributed by atoms with van der Waals surface area (Å²) in [6.07, 6.45) is 0. The number of benzene rings is 3. The molecule has 0 radical (unpaired) electrons. The van der Waals surface area contributed by atoms with Gasteiger partial charge in [-0.15, -0.1) is 0 Å². The van der Waals surface area contributed by atoms with Crippen molar-refractivity contribution in [1.29, 1.82) is 0 Å². The number of aliphatic hydroxyl groups excluding tert-OH is 1. The summed E-state index contributed by atoms with van der Waals surface area (Å²) in [5.41, 5.74) is 1.89. The molecule has 1 heterocycles. The van der Waals surface area contributed by atoms with E-state index in [9.17, 15) is 19.8 Å². The number of hydrogen-bond acceptors (Lipinski definition) is 5.